The average Bonchev–Trinajstić information content (AvgIpc) is 2.64. The van der Waals surface area contributed by atoms with Gasteiger partial charge in [-0.15, -0.1) is 0 Å². The van der Waals surface area contributed by atoms with E-state index in [2.05, 4.69) is 15.5 Å². The van der Waals surface area contributed by atoms with Crippen LogP contribution in [0.25, 0.3) is 0 Å². The number of piperazine rings is 1. The highest BCUT2D eigenvalue weighted by atomic mass is 16.2. The van der Waals surface area contributed by atoms with Gasteiger partial charge in [-0.05, 0) is 31.0 Å². The van der Waals surface area contributed by atoms with Crippen LogP contribution in [0, 0.1) is 6.92 Å². The lowest BCUT2D eigenvalue weighted by Gasteiger charge is -2.32. The molecule has 4 amide bonds. The first-order chi connectivity index (χ1) is 12.5. The number of piperidine rings is 1. The Labute approximate surface area is 151 Å². The maximum Gasteiger partial charge on any atom is 0.261 e. The number of nitrogens with one attached hydrogen (secondary N) is 2. The molecule has 2 fully saturated rings. The van der Waals surface area contributed by atoms with Gasteiger partial charge in [0.05, 0.1) is 0 Å². The zero-order valence-electron chi connectivity index (χ0n) is 14.7. The van der Waals surface area contributed by atoms with Crippen LogP contribution in [-0.2, 0) is 14.4 Å². The molecule has 8 nitrogen and oxygen atoms in total. The Balaban J connectivity index is 1.87. The molecule has 0 radical (unpaired) electrons. The number of anilines is 1. The fraction of sp³-hybridized carbons (Fsp3) is 0.444. The van der Waals surface area contributed by atoms with Gasteiger partial charge in [0.25, 0.3) is 5.91 Å². The quantitative estimate of drug-likeness (QED) is 0.572. The lowest BCUT2D eigenvalue weighted by Crippen LogP contribution is -2.54. The van der Waals surface area contributed by atoms with Crippen molar-refractivity contribution in [2.24, 2.45) is 0 Å². The predicted octanol–water partition coefficient (Wildman–Crippen LogP) is -0.192. The molecular formula is C18H22N4O4. The van der Waals surface area contributed by atoms with Crippen LogP contribution < -0.4 is 15.5 Å². The Morgan fingerprint density at radius 1 is 1.27 bits per heavy atom. The molecule has 1 aromatic carbocycles. The molecule has 2 aliphatic rings. The van der Waals surface area contributed by atoms with E-state index in [4.69, 9.17) is 0 Å². The minimum absolute atomic E-state index is 0.105. The van der Waals surface area contributed by atoms with E-state index in [1.54, 1.807) is 12.1 Å². The lowest BCUT2D eigenvalue weighted by atomic mass is 10.0. The molecule has 8 heteroatoms. The van der Waals surface area contributed by atoms with Gasteiger partial charge < -0.3 is 10.2 Å². The number of imide groups is 2. The van der Waals surface area contributed by atoms with E-state index >= 15 is 0 Å². The number of carbonyl (C=O) groups is 4. The van der Waals surface area contributed by atoms with E-state index in [9.17, 15) is 19.2 Å². The zero-order chi connectivity index (χ0) is 18.7. The number of hydrogen-bond acceptors (Lipinski definition) is 6. The summed E-state index contributed by atoms with van der Waals surface area (Å²) in [4.78, 5) is 51.0. The molecule has 0 bridgehead atoms. The van der Waals surface area contributed by atoms with E-state index < -0.39 is 17.9 Å². The van der Waals surface area contributed by atoms with Gasteiger partial charge in [-0.3, -0.25) is 29.4 Å². The van der Waals surface area contributed by atoms with Gasteiger partial charge in [0, 0.05) is 43.9 Å². The molecular weight excluding hydrogens is 336 g/mol. The SMILES string of the molecule is Cc1c(C(=O)N(C=O)C2CCC(=O)NC2=O)cccc1N1CCNCC1. The van der Waals surface area contributed by atoms with Crippen molar-refractivity contribution in [1.82, 2.24) is 15.5 Å². The number of hydrogen-bond donors (Lipinski definition) is 2. The second-order valence-electron chi connectivity index (χ2n) is 6.47. The molecule has 26 heavy (non-hydrogen) atoms. The van der Waals surface area contributed by atoms with Crippen molar-refractivity contribution in [2.45, 2.75) is 25.8 Å². The minimum atomic E-state index is -0.958. The molecule has 3 rings (SSSR count). The molecule has 2 heterocycles. The highest BCUT2D eigenvalue weighted by molar-refractivity contribution is 6.08. The van der Waals surface area contributed by atoms with Crippen LogP contribution in [0.15, 0.2) is 18.2 Å². The van der Waals surface area contributed by atoms with Gasteiger partial charge in [-0.25, -0.2) is 0 Å². The van der Waals surface area contributed by atoms with Gasteiger partial charge in [-0.2, -0.15) is 0 Å². The highest BCUT2D eigenvalue weighted by Gasteiger charge is 2.35. The standard InChI is InChI=1S/C18H22N4O4/c1-12-13(3-2-4-14(12)21-9-7-19-8-10-21)18(26)22(11-23)15-5-6-16(24)20-17(15)25/h2-4,11,15,19H,5-10H2,1H3,(H,20,24,25). The van der Waals surface area contributed by atoms with Crippen LogP contribution in [0.2, 0.25) is 0 Å². The summed E-state index contributed by atoms with van der Waals surface area (Å²) in [5.74, 6) is -1.52. The number of amides is 4. The zero-order valence-corrected chi connectivity index (χ0v) is 14.7. The van der Waals surface area contributed by atoms with E-state index in [0.717, 1.165) is 42.3 Å². The van der Waals surface area contributed by atoms with Crippen molar-refractivity contribution in [2.75, 3.05) is 31.1 Å². The average molecular weight is 358 g/mol. The molecule has 138 valence electrons. The van der Waals surface area contributed by atoms with Gasteiger partial charge in [0.1, 0.15) is 6.04 Å². The molecule has 0 aliphatic carbocycles. The molecule has 2 aliphatic heterocycles. The smallest absolute Gasteiger partial charge is 0.261 e. The third-order valence-electron chi connectivity index (χ3n) is 4.89. The Morgan fingerprint density at radius 2 is 2.00 bits per heavy atom. The summed E-state index contributed by atoms with van der Waals surface area (Å²) in [6.07, 6.45) is 0.624. The third-order valence-corrected chi connectivity index (χ3v) is 4.89. The summed E-state index contributed by atoms with van der Waals surface area (Å²) in [6.45, 7) is 5.26. The van der Waals surface area contributed by atoms with Crippen molar-refractivity contribution in [1.29, 1.82) is 0 Å². The number of nitrogens with zero attached hydrogens (tertiary/aromatic N) is 2. The molecule has 0 aromatic heterocycles. The molecule has 2 N–H and O–H groups in total. The molecule has 1 atom stereocenters. The van der Waals surface area contributed by atoms with Crippen molar-refractivity contribution in [3.8, 4) is 0 Å². The van der Waals surface area contributed by atoms with Crippen molar-refractivity contribution < 1.29 is 19.2 Å². The highest BCUT2D eigenvalue weighted by Crippen LogP contribution is 2.25. The maximum absolute atomic E-state index is 13.0. The van der Waals surface area contributed by atoms with Crippen molar-refractivity contribution in [3.63, 3.8) is 0 Å². The Hall–Kier alpha value is -2.74. The lowest BCUT2D eigenvalue weighted by molar-refractivity contribution is -0.139. The third kappa shape index (κ3) is 3.45. The summed E-state index contributed by atoms with van der Waals surface area (Å²) in [5.41, 5.74) is 2.11. The monoisotopic (exact) mass is 358 g/mol. The van der Waals surface area contributed by atoms with E-state index in [1.165, 1.54) is 0 Å². The number of carbonyl (C=O) groups excluding carboxylic acids is 4. The number of rotatable bonds is 4. The fourth-order valence-corrected chi connectivity index (χ4v) is 3.45. The Morgan fingerprint density at radius 3 is 2.65 bits per heavy atom. The van der Waals surface area contributed by atoms with Gasteiger partial charge in [0.15, 0.2) is 0 Å². The fourth-order valence-electron chi connectivity index (χ4n) is 3.45. The van der Waals surface area contributed by atoms with Crippen molar-refractivity contribution in [3.05, 3.63) is 29.3 Å². The van der Waals surface area contributed by atoms with Crippen LogP contribution in [0.4, 0.5) is 5.69 Å². The van der Waals surface area contributed by atoms with Crippen LogP contribution in [0.5, 0.6) is 0 Å². The van der Waals surface area contributed by atoms with E-state index in [-0.39, 0.29) is 18.7 Å². The van der Waals surface area contributed by atoms with Crippen LogP contribution in [-0.4, -0.2) is 61.3 Å². The predicted molar refractivity (Wildman–Crippen MR) is 94.7 cm³/mol. The largest absolute Gasteiger partial charge is 0.369 e. The summed E-state index contributed by atoms with van der Waals surface area (Å²) in [5, 5.41) is 5.47. The normalized spacial score (nSPS) is 20.5. The molecule has 1 aromatic rings. The van der Waals surface area contributed by atoms with Gasteiger partial charge >= 0.3 is 0 Å². The van der Waals surface area contributed by atoms with Gasteiger partial charge in [0.2, 0.25) is 18.2 Å². The Kier molecular flexibility index (Phi) is 5.32. The van der Waals surface area contributed by atoms with Crippen LogP contribution in [0.1, 0.15) is 28.8 Å². The topological polar surface area (TPSA) is 98.8 Å². The summed E-state index contributed by atoms with van der Waals surface area (Å²) >= 11 is 0. The maximum atomic E-state index is 13.0. The minimum Gasteiger partial charge on any atom is -0.369 e. The Bertz CT molecular complexity index is 743. The van der Waals surface area contributed by atoms with E-state index in [1.807, 2.05) is 13.0 Å². The molecule has 0 spiro atoms. The first kappa shape index (κ1) is 18.1. The van der Waals surface area contributed by atoms with E-state index in [0.29, 0.717) is 12.0 Å². The first-order valence-electron chi connectivity index (χ1n) is 8.70. The molecule has 2 saturated heterocycles. The molecule has 1 unspecified atom stereocenters. The molecule has 0 saturated carbocycles. The second kappa shape index (κ2) is 7.65. The van der Waals surface area contributed by atoms with Crippen LogP contribution in [0.3, 0.4) is 0 Å². The first-order valence-corrected chi connectivity index (χ1v) is 8.70. The van der Waals surface area contributed by atoms with Crippen LogP contribution >= 0.6 is 0 Å². The van der Waals surface area contributed by atoms with Crippen molar-refractivity contribution >= 4 is 29.8 Å². The second-order valence-corrected chi connectivity index (χ2v) is 6.47. The summed E-state index contributed by atoms with van der Waals surface area (Å²) in [6, 6.07) is 4.44. The summed E-state index contributed by atoms with van der Waals surface area (Å²) < 4.78 is 0. The van der Waals surface area contributed by atoms with Gasteiger partial charge in [-0.1, -0.05) is 6.07 Å². The number of benzene rings is 1. The summed E-state index contributed by atoms with van der Waals surface area (Å²) in [7, 11) is 0.